The molecule has 4 aromatic carbocycles. The highest BCUT2D eigenvalue weighted by Gasteiger charge is 2.19. The molecule has 42 heavy (non-hydrogen) atoms. The van der Waals surface area contributed by atoms with Gasteiger partial charge in [-0.1, -0.05) is 66.9 Å². The van der Waals surface area contributed by atoms with Gasteiger partial charge in [0.2, 0.25) is 0 Å². The van der Waals surface area contributed by atoms with E-state index in [0.717, 1.165) is 43.7 Å². The van der Waals surface area contributed by atoms with Crippen molar-refractivity contribution in [2.24, 2.45) is 5.92 Å². The number of hydrogen-bond donors (Lipinski definition) is 2. The zero-order chi connectivity index (χ0) is 29.3. The van der Waals surface area contributed by atoms with Crippen molar-refractivity contribution in [3.63, 3.8) is 0 Å². The van der Waals surface area contributed by atoms with Gasteiger partial charge in [0.05, 0.1) is 39.9 Å². The highest BCUT2D eigenvalue weighted by atomic mass is 16.3. The molecule has 5 nitrogen and oxygen atoms in total. The van der Waals surface area contributed by atoms with Crippen LogP contribution < -0.4 is 0 Å². The van der Waals surface area contributed by atoms with E-state index in [1.54, 1.807) is 32.0 Å². The Morgan fingerprint density at radius 3 is 2.12 bits per heavy atom. The quantitative estimate of drug-likeness (QED) is 0.183. The van der Waals surface area contributed by atoms with Gasteiger partial charge in [-0.3, -0.25) is 0 Å². The molecule has 6 rings (SSSR count). The second-order valence-corrected chi connectivity index (χ2v) is 11.5. The highest BCUT2D eigenvalue weighted by molar-refractivity contribution is 6.23. The van der Waals surface area contributed by atoms with Crippen LogP contribution in [-0.2, 0) is 12.8 Å². The van der Waals surface area contributed by atoms with Gasteiger partial charge in [-0.15, -0.1) is 0 Å². The van der Waals surface area contributed by atoms with Crippen LogP contribution in [0.1, 0.15) is 61.8 Å². The zero-order valence-electron chi connectivity index (χ0n) is 23.8. The Morgan fingerprint density at radius 1 is 0.857 bits per heavy atom. The molecule has 1 fully saturated rings. The molecule has 0 bridgehead atoms. The Bertz CT molecular complexity index is 2040. The molecule has 0 atom stereocenters. The van der Waals surface area contributed by atoms with Gasteiger partial charge < -0.3 is 10.1 Å². The monoisotopic (exact) mass is 546 g/mol. The fourth-order valence-electron chi connectivity index (χ4n) is 5.88. The van der Waals surface area contributed by atoms with Crippen LogP contribution in [0.4, 0.5) is 0 Å². The summed E-state index contributed by atoms with van der Waals surface area (Å²) in [6.45, 7) is 3.36. The Labute approximate surface area is 245 Å². The normalized spacial score (nSPS) is 13.4. The first kappa shape index (κ1) is 27.1. The molecule has 0 unspecified atom stereocenters. The van der Waals surface area contributed by atoms with Crippen molar-refractivity contribution in [2.45, 2.75) is 58.0 Å². The summed E-state index contributed by atoms with van der Waals surface area (Å²) in [6.07, 6.45) is 6.17. The summed E-state index contributed by atoms with van der Waals surface area (Å²) in [6, 6.07) is 22.3. The van der Waals surface area contributed by atoms with Gasteiger partial charge in [0, 0.05) is 29.5 Å². The molecule has 1 heterocycles. The lowest BCUT2D eigenvalue weighted by Crippen LogP contribution is -2.14. The molecule has 1 aromatic heterocycles. The number of benzene rings is 4. The Kier molecular flexibility index (Phi) is 7.15. The smallest absolute Gasteiger partial charge is 0.141 e. The molecule has 1 saturated carbocycles. The van der Waals surface area contributed by atoms with E-state index >= 15 is 0 Å². The molecule has 1 aliphatic carbocycles. The van der Waals surface area contributed by atoms with Crippen LogP contribution in [0.25, 0.3) is 44.0 Å². The number of fused-ring (bicyclic) bond motifs is 6. The van der Waals surface area contributed by atoms with Crippen LogP contribution >= 0.6 is 0 Å². The van der Waals surface area contributed by atoms with Crippen molar-refractivity contribution in [3.8, 4) is 47.2 Å². The molecule has 5 heteroatoms. The number of hydrogen-bond acceptors (Lipinski definition) is 4. The number of imidazole rings is 1. The molecule has 0 spiro atoms. The van der Waals surface area contributed by atoms with E-state index in [2.05, 4.69) is 71.1 Å². The third kappa shape index (κ3) is 5.32. The third-order valence-electron chi connectivity index (χ3n) is 7.87. The number of nitrogens with one attached hydrogen (secondary N) is 1. The van der Waals surface area contributed by atoms with E-state index in [-0.39, 0.29) is 0 Å². The minimum absolute atomic E-state index is 0.400. The van der Waals surface area contributed by atoms with Crippen molar-refractivity contribution in [3.05, 3.63) is 76.9 Å². The fourth-order valence-corrected chi connectivity index (χ4v) is 5.88. The summed E-state index contributed by atoms with van der Waals surface area (Å²) in [5.74, 6) is 13.9. The first-order valence-corrected chi connectivity index (χ1v) is 14.4. The Balaban J connectivity index is 1.55. The third-order valence-corrected chi connectivity index (χ3v) is 7.87. The molecule has 0 aliphatic heterocycles. The number of aliphatic hydroxyl groups is 1. The summed E-state index contributed by atoms with van der Waals surface area (Å²) in [5.41, 5.74) is 4.12. The van der Waals surface area contributed by atoms with E-state index in [0.29, 0.717) is 41.3 Å². The van der Waals surface area contributed by atoms with Gasteiger partial charge in [-0.2, -0.15) is 10.5 Å². The topological polar surface area (TPSA) is 96.5 Å². The van der Waals surface area contributed by atoms with Crippen LogP contribution in [0.15, 0.2) is 54.6 Å². The summed E-state index contributed by atoms with van der Waals surface area (Å²) in [4.78, 5) is 8.45. The maximum absolute atomic E-state index is 10.0. The SMILES string of the molecule is CC(C)(O)C#CCc1ccc2c(c1)c1cc(CC#CC3CCCC3)ccc1c1nc(-c3c(C#N)cccc3C#N)[nH]c21. The minimum atomic E-state index is -1.04. The molecule has 0 amide bonds. The summed E-state index contributed by atoms with van der Waals surface area (Å²) >= 11 is 0. The Hall–Kier alpha value is -5.07. The number of H-pyrrole nitrogens is 1. The molecule has 204 valence electrons. The first-order valence-electron chi connectivity index (χ1n) is 14.4. The predicted octanol–water partition coefficient (Wildman–Crippen LogP) is 7.33. The second-order valence-electron chi connectivity index (χ2n) is 11.5. The predicted molar refractivity (Wildman–Crippen MR) is 167 cm³/mol. The van der Waals surface area contributed by atoms with Gasteiger partial charge in [0.15, 0.2) is 0 Å². The van der Waals surface area contributed by atoms with Gasteiger partial charge in [0.25, 0.3) is 0 Å². The summed E-state index contributed by atoms with van der Waals surface area (Å²) in [5, 5.41) is 33.8. The zero-order valence-corrected chi connectivity index (χ0v) is 23.8. The van der Waals surface area contributed by atoms with Gasteiger partial charge >= 0.3 is 0 Å². The van der Waals surface area contributed by atoms with Crippen LogP contribution in [0.5, 0.6) is 0 Å². The lowest BCUT2D eigenvalue weighted by atomic mass is 9.95. The van der Waals surface area contributed by atoms with Crippen molar-refractivity contribution in [1.29, 1.82) is 10.5 Å². The van der Waals surface area contributed by atoms with Crippen molar-refractivity contribution >= 4 is 32.6 Å². The van der Waals surface area contributed by atoms with E-state index in [1.165, 1.54) is 25.7 Å². The Morgan fingerprint density at radius 2 is 1.48 bits per heavy atom. The second kappa shape index (κ2) is 11.1. The number of nitriles is 2. The number of nitrogens with zero attached hydrogens (tertiary/aromatic N) is 3. The van der Waals surface area contributed by atoms with Crippen molar-refractivity contribution in [2.75, 3.05) is 0 Å². The largest absolute Gasteiger partial charge is 0.378 e. The van der Waals surface area contributed by atoms with E-state index in [4.69, 9.17) is 4.98 Å². The first-order chi connectivity index (χ1) is 20.3. The van der Waals surface area contributed by atoms with Gasteiger partial charge in [-0.25, -0.2) is 4.98 Å². The molecule has 0 saturated heterocycles. The number of rotatable bonds is 3. The maximum Gasteiger partial charge on any atom is 0.141 e. The standard InChI is InChI=1S/C37H30N4O/c1-37(2,42)19-7-12-26-16-18-30-32(21-26)31-20-25(11-5-10-24-8-3-4-9-24)15-17-29(31)34-35(30)41-36(40-34)33-27(22-38)13-6-14-28(33)23-39/h6,13-18,20-21,24,42H,3-4,8-9,11-12H2,1-2H3,(H,40,41). The van der Waals surface area contributed by atoms with Crippen molar-refractivity contribution < 1.29 is 5.11 Å². The minimum Gasteiger partial charge on any atom is -0.378 e. The average molecular weight is 547 g/mol. The highest BCUT2D eigenvalue weighted by Crippen LogP contribution is 2.37. The fraction of sp³-hybridized carbons (Fsp3) is 0.270. The van der Waals surface area contributed by atoms with Crippen LogP contribution in [-0.4, -0.2) is 20.7 Å². The molecule has 5 aromatic rings. The van der Waals surface area contributed by atoms with E-state index in [9.17, 15) is 15.6 Å². The molecule has 1 aliphatic rings. The van der Waals surface area contributed by atoms with E-state index < -0.39 is 5.60 Å². The van der Waals surface area contributed by atoms with E-state index in [1.807, 2.05) is 6.07 Å². The molecule has 0 radical (unpaired) electrons. The lowest BCUT2D eigenvalue weighted by Gasteiger charge is -2.10. The summed E-state index contributed by atoms with van der Waals surface area (Å²) < 4.78 is 0. The molecular formula is C37H30N4O. The lowest BCUT2D eigenvalue weighted by molar-refractivity contribution is 0.143. The number of aromatic nitrogens is 2. The van der Waals surface area contributed by atoms with Crippen LogP contribution in [0.3, 0.4) is 0 Å². The molecular weight excluding hydrogens is 516 g/mol. The number of aromatic amines is 1. The van der Waals surface area contributed by atoms with Crippen LogP contribution in [0, 0.1) is 52.3 Å². The maximum atomic E-state index is 10.0. The summed E-state index contributed by atoms with van der Waals surface area (Å²) in [7, 11) is 0. The van der Waals surface area contributed by atoms with Gasteiger partial charge in [0.1, 0.15) is 11.4 Å². The average Bonchev–Trinajstić information content (AvgIpc) is 3.67. The van der Waals surface area contributed by atoms with Crippen LogP contribution in [0.2, 0.25) is 0 Å². The molecule has 2 N–H and O–H groups in total. The van der Waals surface area contributed by atoms with Gasteiger partial charge in [-0.05, 0) is 72.9 Å². The van der Waals surface area contributed by atoms with Crippen molar-refractivity contribution in [1.82, 2.24) is 9.97 Å².